The summed E-state index contributed by atoms with van der Waals surface area (Å²) in [6, 6.07) is 1.86. The molecule has 0 amide bonds. The molecule has 0 N–H and O–H groups in total. The highest BCUT2D eigenvalue weighted by Crippen LogP contribution is 2.19. The molecule has 0 spiro atoms. The average molecular weight is 199 g/mol. The van der Waals surface area contributed by atoms with Gasteiger partial charge >= 0.3 is 5.97 Å². The van der Waals surface area contributed by atoms with Crippen molar-refractivity contribution in [3.05, 3.63) is 10.5 Å². The number of allylic oxidation sites excluding steroid dienone is 1. The van der Waals surface area contributed by atoms with Crippen LogP contribution in [-0.2, 0) is 9.53 Å². The zero-order valence-electron chi connectivity index (χ0n) is 8.09. The van der Waals surface area contributed by atoms with Gasteiger partial charge in [-0.2, -0.15) is 5.26 Å². The van der Waals surface area contributed by atoms with Crippen LogP contribution in [0.4, 0.5) is 0 Å². The number of esters is 1. The van der Waals surface area contributed by atoms with Gasteiger partial charge in [0.2, 0.25) is 0 Å². The molecule has 0 saturated heterocycles. The molecule has 0 unspecified atom stereocenters. The third-order valence-corrected chi connectivity index (χ3v) is 2.23. The number of hydrogen-bond donors (Lipinski definition) is 0. The summed E-state index contributed by atoms with van der Waals surface area (Å²) in [7, 11) is 0. The van der Waals surface area contributed by atoms with E-state index in [9.17, 15) is 4.79 Å². The van der Waals surface area contributed by atoms with E-state index in [1.54, 1.807) is 13.8 Å². The maximum atomic E-state index is 11.2. The Morgan fingerprint density at radius 2 is 2.15 bits per heavy atom. The van der Waals surface area contributed by atoms with Gasteiger partial charge in [-0.15, -0.1) is 11.8 Å². The summed E-state index contributed by atoms with van der Waals surface area (Å²) in [5.74, 6) is 0.319. The Labute approximate surface area is 82.8 Å². The van der Waals surface area contributed by atoms with Gasteiger partial charge < -0.3 is 4.74 Å². The number of carbonyl (C=O) groups excluding carboxylic acids is 1. The molecule has 0 radical (unpaired) electrons. The van der Waals surface area contributed by atoms with Gasteiger partial charge in [0.25, 0.3) is 0 Å². The van der Waals surface area contributed by atoms with E-state index in [4.69, 9.17) is 10.00 Å². The standard InChI is InChI=1S/C9H13NO2S/c1-4-12-9(11)8(6-10)7(3)13-5-2/h4-5H2,1-3H3. The van der Waals surface area contributed by atoms with Crippen molar-refractivity contribution in [2.75, 3.05) is 12.4 Å². The van der Waals surface area contributed by atoms with E-state index >= 15 is 0 Å². The molecule has 0 aliphatic rings. The molecule has 72 valence electrons. The fourth-order valence-corrected chi connectivity index (χ4v) is 1.47. The number of ether oxygens (including phenoxy) is 1. The molecule has 0 aliphatic carbocycles. The van der Waals surface area contributed by atoms with E-state index < -0.39 is 5.97 Å². The van der Waals surface area contributed by atoms with Crippen molar-refractivity contribution >= 4 is 17.7 Å². The predicted octanol–water partition coefficient (Wildman–Crippen LogP) is 2.10. The van der Waals surface area contributed by atoms with Crippen molar-refractivity contribution in [1.82, 2.24) is 0 Å². The third-order valence-electron chi connectivity index (χ3n) is 1.30. The van der Waals surface area contributed by atoms with E-state index in [1.807, 2.05) is 13.0 Å². The highest BCUT2D eigenvalue weighted by Gasteiger charge is 2.13. The number of hydrogen-bond acceptors (Lipinski definition) is 4. The molecule has 0 rings (SSSR count). The topological polar surface area (TPSA) is 50.1 Å². The summed E-state index contributed by atoms with van der Waals surface area (Å²) in [4.78, 5) is 11.9. The second-order valence-corrected chi connectivity index (χ2v) is 3.67. The Morgan fingerprint density at radius 1 is 1.54 bits per heavy atom. The lowest BCUT2D eigenvalue weighted by atomic mass is 10.3. The first-order chi connectivity index (χ1) is 6.17. The van der Waals surface area contributed by atoms with Gasteiger partial charge in [0.15, 0.2) is 0 Å². The molecule has 0 aliphatic heterocycles. The van der Waals surface area contributed by atoms with Crippen LogP contribution in [-0.4, -0.2) is 18.3 Å². The molecular weight excluding hydrogens is 186 g/mol. The van der Waals surface area contributed by atoms with Gasteiger partial charge in [0, 0.05) is 4.91 Å². The van der Waals surface area contributed by atoms with Gasteiger partial charge in [-0.25, -0.2) is 4.79 Å². The summed E-state index contributed by atoms with van der Waals surface area (Å²) in [5, 5.41) is 8.70. The van der Waals surface area contributed by atoms with Crippen molar-refractivity contribution in [2.24, 2.45) is 0 Å². The lowest BCUT2D eigenvalue weighted by molar-refractivity contribution is -0.138. The van der Waals surface area contributed by atoms with Gasteiger partial charge in [-0.05, 0) is 19.6 Å². The Kier molecular flexibility index (Phi) is 6.07. The van der Waals surface area contributed by atoms with E-state index in [1.165, 1.54) is 11.8 Å². The molecule has 0 heterocycles. The summed E-state index contributed by atoms with van der Waals surface area (Å²) in [6.45, 7) is 5.74. The first-order valence-electron chi connectivity index (χ1n) is 4.08. The fraction of sp³-hybridized carbons (Fsp3) is 0.556. The lowest BCUT2D eigenvalue weighted by Crippen LogP contribution is -2.07. The van der Waals surface area contributed by atoms with E-state index in [-0.39, 0.29) is 5.57 Å². The SMILES string of the molecule is CCOC(=O)C(C#N)=C(C)SCC. The molecule has 0 saturated carbocycles. The highest BCUT2D eigenvalue weighted by atomic mass is 32.2. The Morgan fingerprint density at radius 3 is 2.54 bits per heavy atom. The summed E-state index contributed by atoms with van der Waals surface area (Å²) >= 11 is 1.47. The molecule has 0 fully saturated rings. The Bertz CT molecular complexity index is 253. The number of rotatable bonds is 4. The molecular formula is C9H13NO2S. The molecule has 13 heavy (non-hydrogen) atoms. The number of carbonyl (C=O) groups is 1. The van der Waals surface area contributed by atoms with Crippen LogP contribution in [0, 0.1) is 11.3 Å². The van der Waals surface area contributed by atoms with Crippen molar-refractivity contribution in [3.8, 4) is 6.07 Å². The molecule has 0 atom stereocenters. The monoisotopic (exact) mass is 199 g/mol. The largest absolute Gasteiger partial charge is 0.462 e. The van der Waals surface area contributed by atoms with Crippen molar-refractivity contribution in [1.29, 1.82) is 5.26 Å². The van der Waals surface area contributed by atoms with Crippen LogP contribution in [0.3, 0.4) is 0 Å². The molecule has 4 heteroatoms. The predicted molar refractivity (Wildman–Crippen MR) is 53.1 cm³/mol. The number of thioether (sulfide) groups is 1. The minimum Gasteiger partial charge on any atom is -0.462 e. The second-order valence-electron chi connectivity index (χ2n) is 2.20. The van der Waals surface area contributed by atoms with Crippen molar-refractivity contribution in [3.63, 3.8) is 0 Å². The van der Waals surface area contributed by atoms with Crippen LogP contribution in [0.5, 0.6) is 0 Å². The van der Waals surface area contributed by atoms with Gasteiger partial charge in [0.05, 0.1) is 6.61 Å². The summed E-state index contributed by atoms with van der Waals surface area (Å²) in [6.07, 6.45) is 0. The quantitative estimate of drug-likeness (QED) is 0.395. The normalized spacial score (nSPS) is 11.5. The minimum absolute atomic E-state index is 0.119. The zero-order chi connectivity index (χ0) is 10.3. The van der Waals surface area contributed by atoms with Crippen LogP contribution in [0.1, 0.15) is 20.8 Å². The van der Waals surface area contributed by atoms with Crippen LogP contribution in [0.2, 0.25) is 0 Å². The van der Waals surface area contributed by atoms with Crippen molar-refractivity contribution in [2.45, 2.75) is 20.8 Å². The first-order valence-corrected chi connectivity index (χ1v) is 5.06. The zero-order valence-corrected chi connectivity index (χ0v) is 8.90. The van der Waals surface area contributed by atoms with Crippen LogP contribution in [0.15, 0.2) is 10.5 Å². The van der Waals surface area contributed by atoms with Crippen LogP contribution in [0.25, 0.3) is 0 Å². The summed E-state index contributed by atoms with van der Waals surface area (Å²) < 4.78 is 4.73. The van der Waals surface area contributed by atoms with Crippen molar-refractivity contribution < 1.29 is 9.53 Å². The third kappa shape index (κ3) is 4.00. The maximum Gasteiger partial charge on any atom is 0.349 e. The lowest BCUT2D eigenvalue weighted by Gasteiger charge is -2.02. The Hall–Kier alpha value is -0.950. The number of nitriles is 1. The number of nitrogens with zero attached hydrogens (tertiary/aromatic N) is 1. The molecule has 0 aromatic heterocycles. The summed E-state index contributed by atoms with van der Waals surface area (Å²) in [5.41, 5.74) is 0.119. The second kappa shape index (κ2) is 6.55. The van der Waals surface area contributed by atoms with Crippen LogP contribution >= 0.6 is 11.8 Å². The van der Waals surface area contributed by atoms with E-state index in [0.29, 0.717) is 6.61 Å². The highest BCUT2D eigenvalue weighted by molar-refractivity contribution is 8.03. The molecule has 3 nitrogen and oxygen atoms in total. The average Bonchev–Trinajstić information content (AvgIpc) is 2.06. The first kappa shape index (κ1) is 12.0. The molecule has 0 bridgehead atoms. The Balaban J connectivity index is 4.59. The molecule has 0 aromatic rings. The minimum atomic E-state index is -0.525. The van der Waals surface area contributed by atoms with Gasteiger partial charge in [-0.3, -0.25) is 0 Å². The molecule has 0 aromatic carbocycles. The van der Waals surface area contributed by atoms with Gasteiger partial charge in [0.1, 0.15) is 11.6 Å². The van der Waals surface area contributed by atoms with Crippen LogP contribution < -0.4 is 0 Å². The smallest absolute Gasteiger partial charge is 0.349 e. The van der Waals surface area contributed by atoms with E-state index in [0.717, 1.165) is 10.7 Å². The van der Waals surface area contributed by atoms with Gasteiger partial charge in [-0.1, -0.05) is 6.92 Å². The van der Waals surface area contributed by atoms with E-state index in [2.05, 4.69) is 0 Å². The maximum absolute atomic E-state index is 11.2. The fourth-order valence-electron chi connectivity index (χ4n) is 0.760.